The summed E-state index contributed by atoms with van der Waals surface area (Å²) in [5, 5.41) is 2.93. The fraction of sp³-hybridized carbons (Fsp3) is 0.533. The van der Waals surface area contributed by atoms with Gasteiger partial charge in [0.05, 0.1) is 13.7 Å². The summed E-state index contributed by atoms with van der Waals surface area (Å²) in [6, 6.07) is 7.42. The molecule has 0 radical (unpaired) electrons. The second kappa shape index (κ2) is 7.02. The third kappa shape index (κ3) is 4.16. The highest BCUT2D eigenvalue weighted by Crippen LogP contribution is 2.24. The Hall–Kier alpha value is -1.71. The summed E-state index contributed by atoms with van der Waals surface area (Å²) < 4.78 is 10.6. The molecule has 0 saturated heterocycles. The second-order valence-corrected chi connectivity index (χ2v) is 4.80. The number of methoxy groups -OCH3 is 1. The lowest BCUT2D eigenvalue weighted by molar-refractivity contribution is -0.124. The number of carbonyl (C=O) groups is 1. The summed E-state index contributed by atoms with van der Waals surface area (Å²) >= 11 is 0. The number of amides is 1. The van der Waals surface area contributed by atoms with Crippen LogP contribution in [-0.2, 0) is 4.79 Å². The van der Waals surface area contributed by atoms with Crippen molar-refractivity contribution < 1.29 is 14.3 Å². The minimum Gasteiger partial charge on any atom is -0.497 e. The Morgan fingerprint density at radius 3 is 2.47 bits per heavy atom. The minimum atomic E-state index is 0.177. The van der Waals surface area contributed by atoms with Crippen LogP contribution in [0, 0.1) is 5.92 Å². The van der Waals surface area contributed by atoms with Crippen molar-refractivity contribution in [2.75, 3.05) is 20.3 Å². The highest BCUT2D eigenvalue weighted by molar-refractivity contribution is 5.78. The van der Waals surface area contributed by atoms with Gasteiger partial charge in [-0.25, -0.2) is 0 Å². The van der Waals surface area contributed by atoms with Crippen molar-refractivity contribution in [1.29, 1.82) is 0 Å². The monoisotopic (exact) mass is 263 g/mol. The van der Waals surface area contributed by atoms with Crippen molar-refractivity contribution in [2.24, 2.45) is 5.92 Å². The molecule has 1 saturated carbocycles. The Kier molecular flexibility index (Phi) is 5.07. The molecular weight excluding hydrogens is 242 g/mol. The lowest BCUT2D eigenvalue weighted by Gasteiger charge is -2.11. The zero-order chi connectivity index (χ0) is 13.5. The Labute approximate surface area is 114 Å². The maximum atomic E-state index is 11.8. The van der Waals surface area contributed by atoms with Gasteiger partial charge in [0.25, 0.3) is 0 Å². The van der Waals surface area contributed by atoms with Gasteiger partial charge in [0.2, 0.25) is 5.91 Å². The molecule has 0 aromatic heterocycles. The standard InChI is InChI=1S/C15H21NO3/c1-18-13-6-8-14(9-7-13)19-11-10-16-15(17)12-4-2-3-5-12/h6-9,12H,2-5,10-11H2,1H3,(H,16,17). The minimum absolute atomic E-state index is 0.177. The van der Waals surface area contributed by atoms with Crippen molar-refractivity contribution in [3.63, 3.8) is 0 Å². The fourth-order valence-corrected chi connectivity index (χ4v) is 2.35. The van der Waals surface area contributed by atoms with Gasteiger partial charge in [-0.3, -0.25) is 4.79 Å². The van der Waals surface area contributed by atoms with Crippen LogP contribution in [0.5, 0.6) is 11.5 Å². The third-order valence-electron chi connectivity index (χ3n) is 3.46. The molecule has 104 valence electrons. The molecule has 4 heteroatoms. The summed E-state index contributed by atoms with van der Waals surface area (Å²) in [6.07, 6.45) is 4.43. The maximum Gasteiger partial charge on any atom is 0.223 e. The number of carbonyl (C=O) groups excluding carboxylic acids is 1. The zero-order valence-corrected chi connectivity index (χ0v) is 11.4. The van der Waals surface area contributed by atoms with Gasteiger partial charge in [-0.1, -0.05) is 12.8 Å². The van der Waals surface area contributed by atoms with Gasteiger partial charge < -0.3 is 14.8 Å². The van der Waals surface area contributed by atoms with Gasteiger partial charge in [-0.15, -0.1) is 0 Å². The van der Waals surface area contributed by atoms with Crippen LogP contribution in [0.25, 0.3) is 0 Å². The molecule has 1 amide bonds. The van der Waals surface area contributed by atoms with E-state index in [9.17, 15) is 4.79 Å². The van der Waals surface area contributed by atoms with Crippen LogP contribution < -0.4 is 14.8 Å². The first-order chi connectivity index (χ1) is 9.29. The van der Waals surface area contributed by atoms with E-state index >= 15 is 0 Å². The SMILES string of the molecule is COc1ccc(OCCNC(=O)C2CCCC2)cc1. The Balaban J connectivity index is 1.64. The molecule has 1 fully saturated rings. The second-order valence-electron chi connectivity index (χ2n) is 4.80. The molecule has 0 aliphatic heterocycles. The molecule has 1 aliphatic rings. The fourth-order valence-electron chi connectivity index (χ4n) is 2.35. The zero-order valence-electron chi connectivity index (χ0n) is 11.4. The topological polar surface area (TPSA) is 47.6 Å². The molecule has 0 unspecified atom stereocenters. The van der Waals surface area contributed by atoms with E-state index in [2.05, 4.69) is 5.32 Å². The van der Waals surface area contributed by atoms with E-state index < -0.39 is 0 Å². The van der Waals surface area contributed by atoms with Crippen LogP contribution in [0.3, 0.4) is 0 Å². The normalized spacial score (nSPS) is 15.2. The van der Waals surface area contributed by atoms with Crippen molar-refractivity contribution >= 4 is 5.91 Å². The maximum absolute atomic E-state index is 11.8. The number of ether oxygens (including phenoxy) is 2. The lowest BCUT2D eigenvalue weighted by atomic mass is 10.1. The van der Waals surface area contributed by atoms with E-state index in [1.807, 2.05) is 24.3 Å². The van der Waals surface area contributed by atoms with Gasteiger partial charge in [0.15, 0.2) is 0 Å². The molecule has 0 atom stereocenters. The number of nitrogens with one attached hydrogen (secondary N) is 1. The van der Waals surface area contributed by atoms with E-state index in [0.717, 1.165) is 24.3 Å². The van der Waals surface area contributed by atoms with Gasteiger partial charge in [0.1, 0.15) is 18.1 Å². The van der Waals surface area contributed by atoms with Crippen molar-refractivity contribution in [3.05, 3.63) is 24.3 Å². The lowest BCUT2D eigenvalue weighted by Crippen LogP contribution is -2.32. The summed E-state index contributed by atoms with van der Waals surface area (Å²) in [4.78, 5) is 11.8. The van der Waals surface area contributed by atoms with E-state index in [-0.39, 0.29) is 11.8 Å². The number of rotatable bonds is 6. The first kappa shape index (κ1) is 13.7. The average Bonchev–Trinajstić information content (AvgIpc) is 2.98. The number of hydrogen-bond acceptors (Lipinski definition) is 3. The van der Waals surface area contributed by atoms with Gasteiger partial charge in [-0.2, -0.15) is 0 Å². The van der Waals surface area contributed by atoms with Gasteiger partial charge >= 0.3 is 0 Å². The van der Waals surface area contributed by atoms with Crippen LogP contribution >= 0.6 is 0 Å². The van der Waals surface area contributed by atoms with Crippen LogP contribution in [-0.4, -0.2) is 26.2 Å². The summed E-state index contributed by atoms with van der Waals surface area (Å²) in [5.74, 6) is 2.00. The van der Waals surface area contributed by atoms with Crippen molar-refractivity contribution in [2.45, 2.75) is 25.7 Å². The van der Waals surface area contributed by atoms with Crippen LogP contribution in [0.15, 0.2) is 24.3 Å². The molecule has 1 aromatic carbocycles. The number of hydrogen-bond donors (Lipinski definition) is 1. The van der Waals surface area contributed by atoms with Crippen molar-refractivity contribution in [3.8, 4) is 11.5 Å². The van der Waals surface area contributed by atoms with E-state index in [4.69, 9.17) is 9.47 Å². The molecular formula is C15H21NO3. The molecule has 0 bridgehead atoms. The first-order valence-electron chi connectivity index (χ1n) is 6.84. The predicted molar refractivity (Wildman–Crippen MR) is 73.5 cm³/mol. The highest BCUT2D eigenvalue weighted by atomic mass is 16.5. The Morgan fingerprint density at radius 2 is 1.84 bits per heavy atom. The molecule has 19 heavy (non-hydrogen) atoms. The molecule has 0 heterocycles. The highest BCUT2D eigenvalue weighted by Gasteiger charge is 2.21. The smallest absolute Gasteiger partial charge is 0.223 e. The summed E-state index contributed by atoms with van der Waals surface area (Å²) in [5.41, 5.74) is 0. The predicted octanol–water partition coefficient (Wildman–Crippen LogP) is 2.38. The van der Waals surface area contributed by atoms with E-state index in [0.29, 0.717) is 13.2 Å². The molecule has 1 aliphatic carbocycles. The number of benzene rings is 1. The largest absolute Gasteiger partial charge is 0.497 e. The first-order valence-corrected chi connectivity index (χ1v) is 6.84. The summed E-state index contributed by atoms with van der Waals surface area (Å²) in [6.45, 7) is 1.05. The average molecular weight is 263 g/mol. The summed E-state index contributed by atoms with van der Waals surface area (Å²) in [7, 11) is 1.63. The quantitative estimate of drug-likeness (QED) is 0.802. The molecule has 1 N–H and O–H groups in total. The van der Waals surface area contributed by atoms with Crippen LogP contribution in [0.1, 0.15) is 25.7 Å². The molecule has 4 nitrogen and oxygen atoms in total. The third-order valence-corrected chi connectivity index (χ3v) is 3.46. The molecule has 1 aromatic rings. The van der Waals surface area contributed by atoms with Crippen LogP contribution in [0.4, 0.5) is 0 Å². The molecule has 2 rings (SSSR count). The van der Waals surface area contributed by atoms with E-state index in [1.165, 1.54) is 12.8 Å². The van der Waals surface area contributed by atoms with Gasteiger partial charge in [0, 0.05) is 5.92 Å². The molecule has 0 spiro atoms. The van der Waals surface area contributed by atoms with Crippen LogP contribution in [0.2, 0.25) is 0 Å². The van der Waals surface area contributed by atoms with Gasteiger partial charge in [-0.05, 0) is 37.1 Å². The van der Waals surface area contributed by atoms with E-state index in [1.54, 1.807) is 7.11 Å². The van der Waals surface area contributed by atoms with Crippen molar-refractivity contribution in [1.82, 2.24) is 5.32 Å². The Bertz CT molecular complexity index is 396. The Morgan fingerprint density at radius 1 is 1.21 bits per heavy atom.